The van der Waals surface area contributed by atoms with E-state index in [4.69, 9.17) is 22.4 Å². The molecule has 1 aromatic rings. The third kappa shape index (κ3) is 4.56. The van der Waals surface area contributed by atoms with E-state index in [1.165, 1.54) is 6.26 Å². The van der Waals surface area contributed by atoms with Gasteiger partial charge in [-0.1, -0.05) is 25.6 Å². The number of amides is 1. The van der Waals surface area contributed by atoms with Crippen LogP contribution in [0.2, 0.25) is 0 Å². The van der Waals surface area contributed by atoms with E-state index >= 15 is 0 Å². The molecule has 94 valence electrons. The highest BCUT2D eigenvalue weighted by molar-refractivity contribution is 7.80. The second-order valence-electron chi connectivity index (χ2n) is 3.84. The average molecular weight is 254 g/mol. The highest BCUT2D eigenvalue weighted by Gasteiger charge is 2.17. The maximum atomic E-state index is 12.1. The lowest BCUT2D eigenvalue weighted by molar-refractivity contribution is 0.0726. The van der Waals surface area contributed by atoms with Gasteiger partial charge in [-0.25, -0.2) is 0 Å². The van der Waals surface area contributed by atoms with Crippen molar-refractivity contribution in [3.05, 3.63) is 24.2 Å². The Balaban J connectivity index is 2.61. The molecule has 0 aromatic carbocycles. The van der Waals surface area contributed by atoms with Crippen molar-refractivity contribution >= 4 is 23.1 Å². The van der Waals surface area contributed by atoms with Crippen LogP contribution in [0.1, 0.15) is 36.7 Å². The van der Waals surface area contributed by atoms with Gasteiger partial charge in [-0.05, 0) is 18.6 Å². The van der Waals surface area contributed by atoms with E-state index in [0.717, 1.165) is 12.8 Å². The van der Waals surface area contributed by atoms with Crippen LogP contribution in [-0.2, 0) is 0 Å². The summed E-state index contributed by atoms with van der Waals surface area (Å²) in [6, 6.07) is 3.38. The lowest BCUT2D eigenvalue weighted by atomic mass is 10.2. The molecule has 0 radical (unpaired) electrons. The van der Waals surface area contributed by atoms with Gasteiger partial charge in [-0.3, -0.25) is 4.79 Å². The molecule has 17 heavy (non-hydrogen) atoms. The molecule has 0 saturated heterocycles. The summed E-state index contributed by atoms with van der Waals surface area (Å²) < 4.78 is 5.11. The van der Waals surface area contributed by atoms with Crippen molar-refractivity contribution in [2.75, 3.05) is 13.1 Å². The molecule has 1 heterocycles. The molecule has 0 unspecified atom stereocenters. The van der Waals surface area contributed by atoms with Gasteiger partial charge in [-0.2, -0.15) is 0 Å². The minimum absolute atomic E-state index is 0.0975. The van der Waals surface area contributed by atoms with Crippen LogP contribution in [0.25, 0.3) is 0 Å². The Hall–Kier alpha value is -1.36. The maximum Gasteiger partial charge on any atom is 0.289 e. The fraction of sp³-hybridized carbons (Fsp3) is 0.500. The smallest absolute Gasteiger partial charge is 0.289 e. The Morgan fingerprint density at radius 1 is 1.53 bits per heavy atom. The normalized spacial score (nSPS) is 10.2. The minimum Gasteiger partial charge on any atom is -0.459 e. The number of carbonyl (C=O) groups excluding carboxylic acids is 1. The quantitative estimate of drug-likeness (QED) is 0.758. The largest absolute Gasteiger partial charge is 0.459 e. The summed E-state index contributed by atoms with van der Waals surface area (Å²) in [7, 11) is 0. The molecule has 0 aliphatic carbocycles. The molecule has 0 spiro atoms. The van der Waals surface area contributed by atoms with Gasteiger partial charge in [0.1, 0.15) is 0 Å². The number of rotatable bonds is 7. The molecule has 0 aliphatic heterocycles. The number of thiocarbonyl (C=S) groups is 1. The van der Waals surface area contributed by atoms with Crippen molar-refractivity contribution in [1.29, 1.82) is 0 Å². The van der Waals surface area contributed by atoms with E-state index in [1.54, 1.807) is 17.0 Å². The highest BCUT2D eigenvalue weighted by Crippen LogP contribution is 2.07. The average Bonchev–Trinajstić information content (AvgIpc) is 2.81. The summed E-state index contributed by atoms with van der Waals surface area (Å²) in [5.41, 5.74) is 5.46. The lowest BCUT2D eigenvalue weighted by Crippen LogP contribution is -2.34. The van der Waals surface area contributed by atoms with E-state index in [-0.39, 0.29) is 5.91 Å². The standard InChI is InChI=1S/C12H18N2O2S/c1-2-3-7-14(8-6-11(13)17)12(15)10-5-4-9-16-10/h4-5,9H,2-3,6-8H2,1H3,(H2,13,17). The van der Waals surface area contributed by atoms with Crippen LogP contribution < -0.4 is 5.73 Å². The van der Waals surface area contributed by atoms with Crippen LogP contribution in [0.15, 0.2) is 22.8 Å². The lowest BCUT2D eigenvalue weighted by Gasteiger charge is -2.21. The number of furan rings is 1. The fourth-order valence-electron chi connectivity index (χ4n) is 1.47. The molecule has 0 saturated carbocycles. The zero-order valence-electron chi connectivity index (χ0n) is 10.0. The predicted molar refractivity (Wildman–Crippen MR) is 70.9 cm³/mol. The third-order valence-electron chi connectivity index (χ3n) is 2.43. The Bertz CT molecular complexity index is 363. The van der Waals surface area contributed by atoms with Gasteiger partial charge >= 0.3 is 0 Å². The Labute approximate surface area is 107 Å². The van der Waals surface area contributed by atoms with Gasteiger partial charge in [0.15, 0.2) is 5.76 Å². The van der Waals surface area contributed by atoms with Crippen LogP contribution in [-0.4, -0.2) is 28.9 Å². The Morgan fingerprint density at radius 2 is 2.29 bits per heavy atom. The minimum atomic E-state index is -0.0975. The first kappa shape index (κ1) is 13.7. The summed E-state index contributed by atoms with van der Waals surface area (Å²) in [4.78, 5) is 14.2. The monoisotopic (exact) mass is 254 g/mol. The molecule has 5 heteroatoms. The number of carbonyl (C=O) groups is 1. The van der Waals surface area contributed by atoms with Gasteiger partial charge in [0.05, 0.1) is 11.3 Å². The predicted octanol–water partition coefficient (Wildman–Crippen LogP) is 2.20. The Kier molecular flexibility index (Phi) is 5.69. The zero-order chi connectivity index (χ0) is 12.7. The zero-order valence-corrected chi connectivity index (χ0v) is 10.8. The fourth-order valence-corrected chi connectivity index (χ4v) is 1.56. The second kappa shape index (κ2) is 7.06. The number of nitrogens with zero attached hydrogens (tertiary/aromatic N) is 1. The maximum absolute atomic E-state index is 12.1. The number of hydrogen-bond acceptors (Lipinski definition) is 3. The summed E-state index contributed by atoms with van der Waals surface area (Å²) in [5.74, 6) is 0.267. The number of nitrogens with two attached hydrogens (primary N) is 1. The number of unbranched alkanes of at least 4 members (excludes halogenated alkanes) is 1. The summed E-state index contributed by atoms with van der Waals surface area (Å²) in [5, 5.41) is 0. The van der Waals surface area contributed by atoms with Crippen LogP contribution in [0.4, 0.5) is 0 Å². The second-order valence-corrected chi connectivity index (χ2v) is 4.36. The van der Waals surface area contributed by atoms with Crippen molar-refractivity contribution in [1.82, 2.24) is 4.90 Å². The van der Waals surface area contributed by atoms with Crippen LogP contribution >= 0.6 is 12.2 Å². The molecular formula is C12H18N2O2S. The molecule has 2 N–H and O–H groups in total. The molecule has 0 atom stereocenters. The molecule has 0 bridgehead atoms. The van der Waals surface area contributed by atoms with E-state index in [2.05, 4.69) is 6.92 Å². The number of hydrogen-bond donors (Lipinski definition) is 1. The van der Waals surface area contributed by atoms with Crippen molar-refractivity contribution in [2.45, 2.75) is 26.2 Å². The molecule has 0 fully saturated rings. The van der Waals surface area contributed by atoms with Crippen LogP contribution in [0, 0.1) is 0 Å². The topological polar surface area (TPSA) is 59.5 Å². The molecule has 1 amide bonds. The third-order valence-corrected chi connectivity index (χ3v) is 2.63. The van der Waals surface area contributed by atoms with E-state index in [9.17, 15) is 4.79 Å². The van der Waals surface area contributed by atoms with Crippen molar-refractivity contribution in [2.24, 2.45) is 5.73 Å². The van der Waals surface area contributed by atoms with Crippen molar-refractivity contribution < 1.29 is 9.21 Å². The van der Waals surface area contributed by atoms with E-state index in [0.29, 0.717) is 30.3 Å². The van der Waals surface area contributed by atoms with Gasteiger partial charge < -0.3 is 15.1 Å². The van der Waals surface area contributed by atoms with Gasteiger partial charge in [0.25, 0.3) is 5.91 Å². The van der Waals surface area contributed by atoms with Gasteiger partial charge in [0, 0.05) is 19.5 Å². The van der Waals surface area contributed by atoms with E-state index in [1.807, 2.05) is 0 Å². The first-order valence-electron chi connectivity index (χ1n) is 5.76. The van der Waals surface area contributed by atoms with E-state index < -0.39 is 0 Å². The highest BCUT2D eigenvalue weighted by atomic mass is 32.1. The molecule has 4 nitrogen and oxygen atoms in total. The first-order chi connectivity index (χ1) is 8.15. The molecule has 1 rings (SSSR count). The Morgan fingerprint density at radius 3 is 2.82 bits per heavy atom. The molecular weight excluding hydrogens is 236 g/mol. The molecule has 1 aromatic heterocycles. The van der Waals surface area contributed by atoms with Crippen molar-refractivity contribution in [3.8, 4) is 0 Å². The summed E-state index contributed by atoms with van der Waals surface area (Å²) in [6.07, 6.45) is 4.04. The van der Waals surface area contributed by atoms with Crippen LogP contribution in [0.3, 0.4) is 0 Å². The summed E-state index contributed by atoms with van der Waals surface area (Å²) in [6.45, 7) is 3.34. The summed E-state index contributed by atoms with van der Waals surface area (Å²) >= 11 is 4.83. The SMILES string of the molecule is CCCCN(CCC(N)=S)C(=O)c1ccco1. The van der Waals surface area contributed by atoms with Gasteiger partial charge in [-0.15, -0.1) is 0 Å². The first-order valence-corrected chi connectivity index (χ1v) is 6.17. The van der Waals surface area contributed by atoms with Crippen molar-refractivity contribution in [3.63, 3.8) is 0 Å². The van der Waals surface area contributed by atoms with Gasteiger partial charge in [0.2, 0.25) is 0 Å². The molecule has 0 aliphatic rings. The van der Waals surface area contributed by atoms with Crippen LogP contribution in [0.5, 0.6) is 0 Å².